The minimum Gasteiger partial charge on any atom is -0.497 e. The first-order valence-corrected chi connectivity index (χ1v) is 9.87. The Kier molecular flexibility index (Phi) is 5.48. The lowest BCUT2D eigenvalue weighted by molar-refractivity contribution is -0.123. The van der Waals surface area contributed by atoms with Gasteiger partial charge in [-0.15, -0.1) is 0 Å². The van der Waals surface area contributed by atoms with Crippen molar-refractivity contribution in [3.05, 3.63) is 58.9 Å². The third kappa shape index (κ3) is 3.96. The van der Waals surface area contributed by atoms with Crippen LogP contribution in [0.25, 0.3) is 11.3 Å². The molecule has 0 aliphatic carbocycles. The molecule has 0 unspecified atom stereocenters. The van der Waals surface area contributed by atoms with Crippen molar-refractivity contribution in [2.75, 3.05) is 26.3 Å². The molecule has 2 aromatic carbocycles. The number of methoxy groups -OCH3 is 2. The molecule has 0 fully saturated rings. The van der Waals surface area contributed by atoms with Gasteiger partial charge in [0.2, 0.25) is 6.79 Å². The molecule has 0 saturated carbocycles. The molecule has 4 rings (SSSR count). The average molecular weight is 437 g/mol. The van der Waals surface area contributed by atoms with Crippen LogP contribution in [-0.4, -0.2) is 36.7 Å². The van der Waals surface area contributed by atoms with E-state index in [4.69, 9.17) is 18.9 Å². The van der Waals surface area contributed by atoms with Crippen molar-refractivity contribution < 1.29 is 23.7 Å². The van der Waals surface area contributed by atoms with E-state index in [9.17, 15) is 9.59 Å². The highest BCUT2D eigenvalue weighted by Crippen LogP contribution is 2.35. The molecule has 32 heavy (non-hydrogen) atoms. The zero-order valence-electron chi connectivity index (χ0n) is 18.2. The molecular weight excluding hydrogens is 414 g/mol. The highest BCUT2D eigenvalue weighted by atomic mass is 16.7. The fourth-order valence-corrected chi connectivity index (χ4v) is 3.28. The molecule has 1 amide bonds. The number of fused-ring (bicyclic) bond motifs is 1. The van der Waals surface area contributed by atoms with Gasteiger partial charge in [-0.05, 0) is 38.1 Å². The summed E-state index contributed by atoms with van der Waals surface area (Å²) in [4.78, 5) is 25.8. The molecular formula is C23H23N3O6. The lowest BCUT2D eigenvalue weighted by Crippen LogP contribution is -2.47. The summed E-state index contributed by atoms with van der Waals surface area (Å²) < 4.78 is 22.4. The smallest absolute Gasteiger partial charge is 0.267 e. The minimum absolute atomic E-state index is 0.161. The summed E-state index contributed by atoms with van der Waals surface area (Å²) in [6.07, 6.45) is 0. The van der Waals surface area contributed by atoms with Crippen LogP contribution in [0.2, 0.25) is 0 Å². The Bertz CT molecular complexity index is 1210. The molecule has 0 bridgehead atoms. The predicted octanol–water partition coefficient (Wildman–Crippen LogP) is 3.03. The second-order valence-electron chi connectivity index (χ2n) is 7.65. The summed E-state index contributed by atoms with van der Waals surface area (Å²) in [7, 11) is 3.05. The van der Waals surface area contributed by atoms with Gasteiger partial charge in [0, 0.05) is 35.5 Å². The normalized spacial score (nSPS) is 12.4. The largest absolute Gasteiger partial charge is 0.497 e. The van der Waals surface area contributed by atoms with Gasteiger partial charge in [0.05, 0.1) is 19.9 Å². The lowest BCUT2D eigenvalue weighted by Gasteiger charge is -2.25. The van der Waals surface area contributed by atoms with E-state index < -0.39 is 17.0 Å². The number of carbonyl (C=O) groups excluding carboxylic acids is 1. The van der Waals surface area contributed by atoms with Gasteiger partial charge in [-0.2, -0.15) is 5.10 Å². The van der Waals surface area contributed by atoms with E-state index in [1.807, 2.05) is 6.07 Å². The molecule has 0 radical (unpaired) electrons. The van der Waals surface area contributed by atoms with E-state index in [0.717, 1.165) is 5.56 Å². The Morgan fingerprint density at radius 3 is 2.38 bits per heavy atom. The second kappa shape index (κ2) is 8.26. The van der Waals surface area contributed by atoms with Gasteiger partial charge >= 0.3 is 0 Å². The maximum Gasteiger partial charge on any atom is 0.267 e. The number of benzene rings is 2. The number of hydrogen-bond acceptors (Lipinski definition) is 7. The Hall–Kier alpha value is -4.01. The lowest BCUT2D eigenvalue weighted by atomic mass is 10.0. The third-order valence-electron chi connectivity index (χ3n) is 5.16. The maximum absolute atomic E-state index is 13.2. The third-order valence-corrected chi connectivity index (χ3v) is 5.16. The van der Waals surface area contributed by atoms with Gasteiger partial charge in [0.1, 0.15) is 17.0 Å². The molecule has 9 nitrogen and oxygen atoms in total. The Morgan fingerprint density at radius 1 is 1.00 bits per heavy atom. The number of carbonyl (C=O) groups is 1. The topological polar surface area (TPSA) is 101 Å². The molecule has 0 atom stereocenters. The molecule has 1 aromatic heterocycles. The second-order valence-corrected chi connectivity index (χ2v) is 7.65. The number of hydrogen-bond donors (Lipinski definition) is 1. The summed E-state index contributed by atoms with van der Waals surface area (Å²) in [6, 6.07) is 13.4. The van der Waals surface area contributed by atoms with Crippen LogP contribution < -0.4 is 29.8 Å². The van der Waals surface area contributed by atoms with Gasteiger partial charge in [-0.3, -0.25) is 9.59 Å². The first kappa shape index (κ1) is 21.2. The Labute approximate surface area is 184 Å². The van der Waals surface area contributed by atoms with Gasteiger partial charge in [-0.1, -0.05) is 0 Å². The van der Waals surface area contributed by atoms with Crippen molar-refractivity contribution in [2.24, 2.45) is 0 Å². The van der Waals surface area contributed by atoms with Crippen molar-refractivity contribution in [2.45, 2.75) is 19.4 Å². The summed E-state index contributed by atoms with van der Waals surface area (Å²) in [6.45, 7) is 3.41. The molecule has 1 aliphatic heterocycles. The Morgan fingerprint density at radius 2 is 1.69 bits per heavy atom. The monoisotopic (exact) mass is 437 g/mol. The average Bonchev–Trinajstić information content (AvgIpc) is 3.26. The highest BCUT2D eigenvalue weighted by molar-refractivity contribution is 5.96. The van der Waals surface area contributed by atoms with Gasteiger partial charge in [0.25, 0.3) is 11.5 Å². The molecule has 2 heterocycles. The van der Waals surface area contributed by atoms with Crippen LogP contribution in [0.5, 0.6) is 23.0 Å². The minimum atomic E-state index is -1.29. The number of rotatable bonds is 6. The SMILES string of the molecule is COc1cc(NC(=O)C(C)(C)n2nc(-c3ccc4c(c3)OCO4)ccc2=O)cc(OC)c1. The van der Waals surface area contributed by atoms with Crippen LogP contribution in [0.4, 0.5) is 5.69 Å². The van der Waals surface area contributed by atoms with E-state index in [-0.39, 0.29) is 6.79 Å². The standard InChI is InChI=1S/C23H23N3O6/c1-23(2,22(28)24-15-10-16(29-3)12-17(11-15)30-4)26-21(27)8-6-18(25-26)14-5-7-19-20(9-14)32-13-31-19/h5-12H,13H2,1-4H3,(H,24,28). The molecule has 1 N–H and O–H groups in total. The van der Waals surface area contributed by atoms with Gasteiger partial charge in [0.15, 0.2) is 11.5 Å². The van der Waals surface area contributed by atoms with Crippen LogP contribution in [-0.2, 0) is 10.3 Å². The van der Waals surface area contributed by atoms with Crippen LogP contribution in [0.3, 0.4) is 0 Å². The van der Waals surface area contributed by atoms with Crippen molar-refractivity contribution >= 4 is 11.6 Å². The van der Waals surface area contributed by atoms with Crippen molar-refractivity contribution in [3.63, 3.8) is 0 Å². The molecule has 1 aliphatic rings. The Balaban J connectivity index is 1.65. The van der Waals surface area contributed by atoms with Crippen molar-refractivity contribution in [3.8, 4) is 34.3 Å². The highest BCUT2D eigenvalue weighted by Gasteiger charge is 2.32. The van der Waals surface area contributed by atoms with E-state index in [1.165, 1.54) is 25.0 Å². The zero-order valence-corrected chi connectivity index (χ0v) is 18.2. The van der Waals surface area contributed by atoms with Gasteiger partial charge < -0.3 is 24.3 Å². The first-order chi connectivity index (χ1) is 15.3. The van der Waals surface area contributed by atoms with Crippen LogP contribution in [0.1, 0.15) is 13.8 Å². The number of amides is 1. The van der Waals surface area contributed by atoms with E-state index in [2.05, 4.69) is 10.4 Å². The fourth-order valence-electron chi connectivity index (χ4n) is 3.28. The first-order valence-electron chi connectivity index (χ1n) is 9.87. The quantitative estimate of drug-likeness (QED) is 0.633. The summed E-state index contributed by atoms with van der Waals surface area (Å²) in [5, 5.41) is 7.28. The summed E-state index contributed by atoms with van der Waals surface area (Å²) >= 11 is 0. The van der Waals surface area contributed by atoms with Crippen molar-refractivity contribution in [1.82, 2.24) is 9.78 Å². The zero-order chi connectivity index (χ0) is 22.9. The number of anilines is 1. The number of nitrogens with one attached hydrogen (secondary N) is 1. The van der Waals surface area contributed by atoms with E-state index in [0.29, 0.717) is 34.4 Å². The van der Waals surface area contributed by atoms with Crippen LogP contribution in [0, 0.1) is 0 Å². The van der Waals surface area contributed by atoms with E-state index >= 15 is 0 Å². The molecule has 0 saturated heterocycles. The van der Waals surface area contributed by atoms with Crippen LogP contribution in [0.15, 0.2) is 53.3 Å². The number of aromatic nitrogens is 2. The maximum atomic E-state index is 13.2. The van der Waals surface area contributed by atoms with Crippen LogP contribution >= 0.6 is 0 Å². The number of ether oxygens (including phenoxy) is 4. The van der Waals surface area contributed by atoms with Gasteiger partial charge in [-0.25, -0.2) is 4.68 Å². The molecule has 0 spiro atoms. The van der Waals surface area contributed by atoms with Crippen molar-refractivity contribution in [1.29, 1.82) is 0 Å². The molecule has 9 heteroatoms. The predicted molar refractivity (Wildman–Crippen MR) is 118 cm³/mol. The molecule has 166 valence electrons. The summed E-state index contributed by atoms with van der Waals surface area (Å²) in [5.41, 5.74) is 0.0282. The molecule has 3 aromatic rings. The van der Waals surface area contributed by atoms with E-state index in [1.54, 1.807) is 50.2 Å². The number of nitrogens with zero attached hydrogens (tertiary/aromatic N) is 2. The fraction of sp³-hybridized carbons (Fsp3) is 0.261. The summed E-state index contributed by atoms with van der Waals surface area (Å²) in [5.74, 6) is 1.88.